The molecule has 0 spiro atoms. The van der Waals surface area contributed by atoms with Crippen LogP contribution in [0.2, 0.25) is 0 Å². The Morgan fingerprint density at radius 3 is 1.57 bits per heavy atom. The van der Waals surface area contributed by atoms with Crippen molar-refractivity contribution in [3.05, 3.63) is 157 Å². The van der Waals surface area contributed by atoms with Crippen LogP contribution in [0, 0.1) is 11.3 Å². The van der Waals surface area contributed by atoms with Gasteiger partial charge >= 0.3 is 0 Å². The van der Waals surface area contributed by atoms with Crippen LogP contribution in [0.4, 0.5) is 0 Å². The fourth-order valence-electron chi connectivity index (χ4n) is 7.41. The van der Waals surface area contributed by atoms with E-state index >= 15 is 0 Å². The second kappa shape index (κ2) is 9.92. The Hall–Kier alpha value is -6.15. The summed E-state index contributed by atoms with van der Waals surface area (Å²) in [6.07, 6.45) is 0. The molecular weight excluding hydrogens is 591 g/mol. The van der Waals surface area contributed by atoms with Gasteiger partial charge in [0.25, 0.3) is 0 Å². The summed E-state index contributed by atoms with van der Waals surface area (Å²) in [5.41, 5.74) is 10.2. The molecule has 0 N–H and O–H groups in total. The van der Waals surface area contributed by atoms with Crippen molar-refractivity contribution in [2.75, 3.05) is 0 Å². The van der Waals surface area contributed by atoms with E-state index in [1.807, 2.05) is 12.1 Å². The monoisotopic (exact) mass is 615 g/mol. The van der Waals surface area contributed by atoms with Gasteiger partial charge in [-0.15, -0.1) is 11.3 Å². The lowest BCUT2D eigenvalue weighted by molar-refractivity contribution is 1.18. The molecule has 0 unspecified atom stereocenters. The van der Waals surface area contributed by atoms with Crippen molar-refractivity contribution < 1.29 is 0 Å². The van der Waals surface area contributed by atoms with Crippen LogP contribution < -0.4 is 0 Å². The van der Waals surface area contributed by atoms with Crippen LogP contribution in [0.5, 0.6) is 0 Å². The zero-order valence-corrected chi connectivity index (χ0v) is 26.0. The zero-order chi connectivity index (χ0) is 31.1. The van der Waals surface area contributed by atoms with Gasteiger partial charge in [-0.2, -0.15) is 5.26 Å². The van der Waals surface area contributed by atoms with Crippen LogP contribution in [0.1, 0.15) is 5.56 Å². The summed E-state index contributed by atoms with van der Waals surface area (Å²) in [6, 6.07) is 56.8. The first-order valence-electron chi connectivity index (χ1n) is 15.7. The van der Waals surface area contributed by atoms with E-state index in [-0.39, 0.29) is 0 Å². The highest BCUT2D eigenvalue weighted by Crippen LogP contribution is 2.40. The smallest absolute Gasteiger partial charge is 0.0992 e. The van der Waals surface area contributed by atoms with Crippen LogP contribution in [0.25, 0.3) is 86.3 Å². The van der Waals surface area contributed by atoms with Gasteiger partial charge in [0.2, 0.25) is 0 Å². The molecule has 0 fully saturated rings. The van der Waals surface area contributed by atoms with Crippen LogP contribution >= 0.6 is 11.3 Å². The molecular formula is C43H25N3S. The molecule has 7 aromatic carbocycles. The molecule has 3 heterocycles. The predicted molar refractivity (Wildman–Crippen MR) is 198 cm³/mol. The third kappa shape index (κ3) is 3.85. The molecule has 10 rings (SSSR count). The lowest BCUT2D eigenvalue weighted by Crippen LogP contribution is -1.93. The van der Waals surface area contributed by atoms with Crippen molar-refractivity contribution in [3.63, 3.8) is 0 Å². The maximum atomic E-state index is 9.42. The Morgan fingerprint density at radius 1 is 0.404 bits per heavy atom. The van der Waals surface area contributed by atoms with Gasteiger partial charge in [-0.05, 0) is 83.9 Å². The van der Waals surface area contributed by atoms with Gasteiger partial charge < -0.3 is 9.13 Å². The molecule has 0 aliphatic heterocycles. The zero-order valence-electron chi connectivity index (χ0n) is 25.2. The maximum Gasteiger partial charge on any atom is 0.0992 e. The largest absolute Gasteiger partial charge is 0.309 e. The summed E-state index contributed by atoms with van der Waals surface area (Å²) < 4.78 is 7.11. The summed E-state index contributed by atoms with van der Waals surface area (Å²) in [6.45, 7) is 0. The van der Waals surface area contributed by atoms with Crippen LogP contribution in [0.15, 0.2) is 152 Å². The number of para-hydroxylation sites is 3. The molecule has 0 saturated heterocycles. The number of aromatic nitrogens is 2. The minimum Gasteiger partial charge on any atom is -0.309 e. The van der Waals surface area contributed by atoms with Gasteiger partial charge in [-0.1, -0.05) is 78.9 Å². The fraction of sp³-hybridized carbons (Fsp3) is 0. The van der Waals surface area contributed by atoms with Crippen molar-refractivity contribution in [2.24, 2.45) is 0 Å². The van der Waals surface area contributed by atoms with Crippen LogP contribution in [-0.4, -0.2) is 9.13 Å². The van der Waals surface area contributed by atoms with Crippen LogP contribution in [-0.2, 0) is 0 Å². The molecule has 47 heavy (non-hydrogen) atoms. The Balaban J connectivity index is 1.15. The summed E-state index contributed by atoms with van der Waals surface area (Å²) in [5, 5.41) is 16.8. The Kier molecular flexibility index (Phi) is 5.51. The third-order valence-corrected chi connectivity index (χ3v) is 10.7. The van der Waals surface area contributed by atoms with Crippen molar-refractivity contribution in [1.29, 1.82) is 5.26 Å². The Bertz CT molecular complexity index is 2910. The predicted octanol–water partition coefficient (Wildman–Crippen LogP) is 11.8. The van der Waals surface area contributed by atoms with E-state index in [0.29, 0.717) is 5.56 Å². The average molecular weight is 616 g/mol. The molecule has 0 amide bonds. The molecule has 10 aromatic rings. The first-order valence-corrected chi connectivity index (χ1v) is 16.6. The average Bonchev–Trinajstić information content (AvgIpc) is 3.78. The van der Waals surface area contributed by atoms with Gasteiger partial charge in [0.15, 0.2) is 0 Å². The molecule has 0 atom stereocenters. The van der Waals surface area contributed by atoms with Crippen molar-refractivity contribution in [1.82, 2.24) is 9.13 Å². The quantitative estimate of drug-likeness (QED) is 0.195. The second-order valence-electron chi connectivity index (χ2n) is 12.1. The topological polar surface area (TPSA) is 33.6 Å². The second-order valence-corrected chi connectivity index (χ2v) is 13.2. The lowest BCUT2D eigenvalue weighted by Gasteiger charge is -2.09. The number of benzene rings is 7. The highest BCUT2D eigenvalue weighted by atomic mass is 32.1. The summed E-state index contributed by atoms with van der Waals surface area (Å²) in [4.78, 5) is 0. The number of fused-ring (bicyclic) bond motifs is 9. The maximum absolute atomic E-state index is 9.42. The molecule has 218 valence electrons. The molecule has 3 nitrogen and oxygen atoms in total. The highest BCUT2D eigenvalue weighted by molar-refractivity contribution is 7.25. The van der Waals surface area contributed by atoms with Crippen LogP contribution in [0.3, 0.4) is 0 Å². The van der Waals surface area contributed by atoms with E-state index in [1.54, 1.807) is 11.3 Å². The highest BCUT2D eigenvalue weighted by Gasteiger charge is 2.17. The molecule has 0 bridgehead atoms. The Labute approximate surface area is 274 Å². The molecule has 0 radical (unpaired) electrons. The number of hydrogen-bond donors (Lipinski definition) is 0. The van der Waals surface area contributed by atoms with E-state index in [1.165, 1.54) is 75.9 Å². The summed E-state index contributed by atoms with van der Waals surface area (Å²) in [7, 11) is 0. The Morgan fingerprint density at radius 2 is 0.936 bits per heavy atom. The summed E-state index contributed by atoms with van der Waals surface area (Å²) in [5.74, 6) is 0. The number of nitrogens with zero attached hydrogens (tertiary/aromatic N) is 3. The van der Waals surface area contributed by atoms with E-state index in [2.05, 4.69) is 155 Å². The van der Waals surface area contributed by atoms with Crippen molar-refractivity contribution >= 4 is 75.1 Å². The first kappa shape index (κ1) is 26.1. The summed E-state index contributed by atoms with van der Waals surface area (Å²) >= 11 is 1.75. The SMILES string of the molecule is N#Cc1ccc2c(c1)sc1cc(-n3c4ccccc4c4cc(-c5ccc6c(c5)c5ccccc5n6-c5ccccc5)ccc43)ccc12. The van der Waals surface area contributed by atoms with E-state index in [0.717, 1.165) is 10.4 Å². The van der Waals surface area contributed by atoms with Crippen molar-refractivity contribution in [3.8, 4) is 28.6 Å². The van der Waals surface area contributed by atoms with E-state index < -0.39 is 0 Å². The van der Waals surface area contributed by atoms with Gasteiger partial charge in [-0.25, -0.2) is 0 Å². The molecule has 3 aromatic heterocycles. The van der Waals surface area contributed by atoms with Crippen molar-refractivity contribution in [2.45, 2.75) is 0 Å². The molecule has 4 heteroatoms. The van der Waals surface area contributed by atoms with E-state index in [4.69, 9.17) is 0 Å². The standard InChI is InChI=1S/C43H25N3S/c44-26-27-14-18-34-35-19-17-31(25-43(35)47-42(34)22-27)46-39-13-7-5-11-33(39)37-24-29(16-21-41(37)46)28-15-20-40-36(23-28)32-10-4-6-12-38(32)45(40)30-8-2-1-3-9-30/h1-25H. The minimum atomic E-state index is 0.698. The number of hydrogen-bond acceptors (Lipinski definition) is 2. The minimum absolute atomic E-state index is 0.698. The van der Waals surface area contributed by atoms with Gasteiger partial charge in [0, 0.05) is 53.1 Å². The molecule has 0 aliphatic rings. The lowest BCUT2D eigenvalue weighted by atomic mass is 10.0. The molecule has 0 saturated carbocycles. The van der Waals surface area contributed by atoms with Gasteiger partial charge in [-0.3, -0.25) is 0 Å². The van der Waals surface area contributed by atoms with Gasteiger partial charge in [0.1, 0.15) is 0 Å². The fourth-order valence-corrected chi connectivity index (χ4v) is 8.59. The normalized spacial score (nSPS) is 11.8. The number of nitriles is 1. The van der Waals surface area contributed by atoms with E-state index in [9.17, 15) is 5.26 Å². The molecule has 0 aliphatic carbocycles. The first-order chi connectivity index (χ1) is 23.2. The number of rotatable bonds is 3. The van der Waals surface area contributed by atoms with Gasteiger partial charge in [0.05, 0.1) is 33.7 Å². The third-order valence-electron chi connectivity index (χ3n) is 9.54. The number of thiophene rings is 1.